The number of rotatable bonds is 5. The molecular formula is C19H28N6OS. The molecule has 4 rings (SSSR count). The van der Waals surface area contributed by atoms with Gasteiger partial charge in [0.15, 0.2) is 5.69 Å². The van der Waals surface area contributed by atoms with E-state index in [9.17, 15) is 4.79 Å². The molecule has 0 aliphatic carbocycles. The van der Waals surface area contributed by atoms with Crippen molar-refractivity contribution in [2.75, 3.05) is 46.8 Å². The van der Waals surface area contributed by atoms with E-state index in [2.05, 4.69) is 34.0 Å². The van der Waals surface area contributed by atoms with Gasteiger partial charge in [-0.3, -0.25) is 14.4 Å². The van der Waals surface area contributed by atoms with Crippen molar-refractivity contribution in [3.8, 4) is 0 Å². The van der Waals surface area contributed by atoms with Crippen LogP contribution in [0.15, 0.2) is 17.6 Å². The van der Waals surface area contributed by atoms with Crippen LogP contribution in [0.4, 0.5) is 0 Å². The molecule has 2 saturated heterocycles. The fourth-order valence-corrected chi connectivity index (χ4v) is 5.43. The molecule has 2 aliphatic rings. The maximum absolute atomic E-state index is 13.0. The Morgan fingerprint density at radius 1 is 1.37 bits per heavy atom. The SMILES string of the molecule is Cc1cc(C(=O)N2CC3CN(Cc4nccs4)CC3(CN(C)C)C2)nn1C. The van der Waals surface area contributed by atoms with Crippen molar-refractivity contribution in [3.63, 3.8) is 0 Å². The van der Waals surface area contributed by atoms with Crippen LogP contribution in [0.2, 0.25) is 0 Å². The zero-order valence-electron chi connectivity index (χ0n) is 16.6. The van der Waals surface area contributed by atoms with Crippen molar-refractivity contribution >= 4 is 17.2 Å². The minimum Gasteiger partial charge on any atom is -0.336 e. The van der Waals surface area contributed by atoms with Crippen LogP contribution in [0, 0.1) is 18.3 Å². The molecule has 2 aliphatic heterocycles. The average Bonchev–Trinajstić information content (AvgIpc) is 3.32. The topological polar surface area (TPSA) is 57.5 Å². The summed E-state index contributed by atoms with van der Waals surface area (Å²) in [6.07, 6.45) is 1.88. The molecule has 2 aromatic heterocycles. The number of carbonyl (C=O) groups excluding carboxylic acids is 1. The van der Waals surface area contributed by atoms with Gasteiger partial charge in [0.05, 0.1) is 6.54 Å². The molecule has 0 radical (unpaired) electrons. The first kappa shape index (κ1) is 18.6. The van der Waals surface area contributed by atoms with E-state index in [0.717, 1.165) is 45.0 Å². The highest BCUT2D eigenvalue weighted by atomic mass is 32.1. The summed E-state index contributed by atoms with van der Waals surface area (Å²) in [6.45, 7) is 7.55. The van der Waals surface area contributed by atoms with E-state index in [1.165, 1.54) is 5.01 Å². The number of aromatic nitrogens is 3. The molecule has 7 nitrogen and oxygen atoms in total. The zero-order valence-corrected chi connectivity index (χ0v) is 17.4. The first-order valence-electron chi connectivity index (χ1n) is 9.42. The van der Waals surface area contributed by atoms with Gasteiger partial charge in [0.2, 0.25) is 0 Å². The third kappa shape index (κ3) is 3.53. The second-order valence-electron chi connectivity index (χ2n) is 8.37. The van der Waals surface area contributed by atoms with Gasteiger partial charge in [-0.2, -0.15) is 5.10 Å². The molecule has 1 amide bonds. The lowest BCUT2D eigenvalue weighted by molar-refractivity contribution is 0.0741. The van der Waals surface area contributed by atoms with E-state index in [0.29, 0.717) is 11.6 Å². The number of aryl methyl sites for hydroxylation is 2. The van der Waals surface area contributed by atoms with Gasteiger partial charge in [-0.1, -0.05) is 0 Å². The van der Waals surface area contributed by atoms with Gasteiger partial charge in [0.1, 0.15) is 5.01 Å². The van der Waals surface area contributed by atoms with Crippen LogP contribution < -0.4 is 0 Å². The van der Waals surface area contributed by atoms with Crippen LogP contribution in [0.1, 0.15) is 21.2 Å². The summed E-state index contributed by atoms with van der Waals surface area (Å²) < 4.78 is 1.77. The van der Waals surface area contributed by atoms with Crippen LogP contribution in [0.5, 0.6) is 0 Å². The monoisotopic (exact) mass is 388 g/mol. The molecule has 2 aromatic rings. The van der Waals surface area contributed by atoms with Crippen LogP contribution in [-0.2, 0) is 13.6 Å². The molecule has 0 saturated carbocycles. The van der Waals surface area contributed by atoms with Crippen molar-refractivity contribution in [3.05, 3.63) is 34.0 Å². The van der Waals surface area contributed by atoms with E-state index in [1.807, 2.05) is 36.5 Å². The van der Waals surface area contributed by atoms with E-state index in [1.54, 1.807) is 16.0 Å². The first-order valence-corrected chi connectivity index (χ1v) is 10.3. The number of thiazole rings is 1. The lowest BCUT2D eigenvalue weighted by atomic mass is 9.80. The Bertz CT molecular complexity index is 797. The molecule has 8 heteroatoms. The highest BCUT2D eigenvalue weighted by molar-refractivity contribution is 7.09. The summed E-state index contributed by atoms with van der Waals surface area (Å²) in [4.78, 5) is 24.3. The van der Waals surface area contributed by atoms with Crippen molar-refractivity contribution in [1.82, 2.24) is 29.5 Å². The second-order valence-corrected chi connectivity index (χ2v) is 9.35. The molecule has 0 spiro atoms. The van der Waals surface area contributed by atoms with E-state index in [4.69, 9.17) is 0 Å². The lowest BCUT2D eigenvalue weighted by Gasteiger charge is -2.32. The van der Waals surface area contributed by atoms with Crippen molar-refractivity contribution in [2.24, 2.45) is 18.4 Å². The Labute approximate surface area is 164 Å². The summed E-state index contributed by atoms with van der Waals surface area (Å²) in [7, 11) is 6.14. The molecule has 2 fully saturated rings. The fourth-order valence-electron chi connectivity index (χ4n) is 4.77. The molecular weight excluding hydrogens is 360 g/mol. The molecule has 0 bridgehead atoms. The molecule has 2 unspecified atom stereocenters. The third-order valence-corrected chi connectivity index (χ3v) is 6.69. The Balaban J connectivity index is 1.50. The van der Waals surface area contributed by atoms with Crippen LogP contribution in [0.3, 0.4) is 0 Å². The second kappa shape index (κ2) is 7.00. The largest absolute Gasteiger partial charge is 0.336 e. The maximum atomic E-state index is 13.0. The highest BCUT2D eigenvalue weighted by Crippen LogP contribution is 2.43. The lowest BCUT2D eigenvalue weighted by Crippen LogP contribution is -2.42. The van der Waals surface area contributed by atoms with Crippen LogP contribution >= 0.6 is 11.3 Å². The number of amides is 1. The standard InChI is InChI=1S/C19H28N6OS/c1-14-7-16(21-23(14)4)18(26)25-9-15-8-24(10-17-20-5-6-27-17)12-19(15,13-25)11-22(2)3/h5-7,15H,8-13H2,1-4H3. The number of nitrogens with zero attached hydrogens (tertiary/aromatic N) is 6. The zero-order chi connectivity index (χ0) is 19.2. The predicted octanol–water partition coefficient (Wildman–Crippen LogP) is 1.32. The molecule has 0 N–H and O–H groups in total. The summed E-state index contributed by atoms with van der Waals surface area (Å²) in [6, 6.07) is 1.89. The van der Waals surface area contributed by atoms with Crippen LogP contribution in [-0.4, -0.2) is 82.2 Å². The van der Waals surface area contributed by atoms with Crippen molar-refractivity contribution in [1.29, 1.82) is 0 Å². The van der Waals surface area contributed by atoms with Gasteiger partial charge in [-0.15, -0.1) is 11.3 Å². The van der Waals surface area contributed by atoms with Crippen molar-refractivity contribution < 1.29 is 4.79 Å². The van der Waals surface area contributed by atoms with Crippen molar-refractivity contribution in [2.45, 2.75) is 13.5 Å². The minimum atomic E-state index is 0.0673. The Morgan fingerprint density at radius 2 is 2.19 bits per heavy atom. The number of likely N-dealkylation sites (tertiary alicyclic amines) is 2. The van der Waals surface area contributed by atoms with Gasteiger partial charge in [0, 0.05) is 62.5 Å². The summed E-state index contributed by atoms with van der Waals surface area (Å²) >= 11 is 1.72. The highest BCUT2D eigenvalue weighted by Gasteiger charge is 2.53. The summed E-state index contributed by atoms with van der Waals surface area (Å²) in [5.41, 5.74) is 1.70. The van der Waals surface area contributed by atoms with E-state index >= 15 is 0 Å². The maximum Gasteiger partial charge on any atom is 0.274 e. The number of hydrogen-bond acceptors (Lipinski definition) is 6. The molecule has 27 heavy (non-hydrogen) atoms. The normalized spacial score (nSPS) is 25.5. The number of fused-ring (bicyclic) bond motifs is 1. The molecule has 4 heterocycles. The van der Waals surface area contributed by atoms with Crippen LogP contribution in [0.25, 0.3) is 0 Å². The average molecular weight is 389 g/mol. The fraction of sp³-hybridized carbons (Fsp3) is 0.632. The predicted molar refractivity (Wildman–Crippen MR) is 106 cm³/mol. The summed E-state index contributed by atoms with van der Waals surface area (Å²) in [5.74, 6) is 0.561. The molecule has 2 atom stereocenters. The molecule has 146 valence electrons. The van der Waals surface area contributed by atoms with Gasteiger partial charge in [0.25, 0.3) is 5.91 Å². The van der Waals surface area contributed by atoms with Gasteiger partial charge in [-0.05, 0) is 33.0 Å². The number of hydrogen-bond donors (Lipinski definition) is 0. The quantitative estimate of drug-likeness (QED) is 0.773. The van der Waals surface area contributed by atoms with E-state index in [-0.39, 0.29) is 11.3 Å². The van der Waals surface area contributed by atoms with Gasteiger partial charge < -0.3 is 9.80 Å². The first-order chi connectivity index (χ1) is 12.9. The molecule has 0 aromatic carbocycles. The Hall–Kier alpha value is -1.77. The Morgan fingerprint density at radius 3 is 2.81 bits per heavy atom. The third-order valence-electron chi connectivity index (χ3n) is 5.92. The minimum absolute atomic E-state index is 0.0673. The number of carbonyl (C=O) groups is 1. The smallest absolute Gasteiger partial charge is 0.274 e. The van der Waals surface area contributed by atoms with E-state index < -0.39 is 0 Å². The van der Waals surface area contributed by atoms with Gasteiger partial charge >= 0.3 is 0 Å². The Kier molecular flexibility index (Phi) is 4.82. The summed E-state index contributed by atoms with van der Waals surface area (Å²) in [5, 5.41) is 7.61. The van der Waals surface area contributed by atoms with Gasteiger partial charge in [-0.25, -0.2) is 4.98 Å².